The highest BCUT2D eigenvalue weighted by Crippen LogP contribution is 2.42. The van der Waals surface area contributed by atoms with Gasteiger partial charge in [0.15, 0.2) is 0 Å². The lowest BCUT2D eigenvalue weighted by Crippen LogP contribution is -1.94. The molecule has 0 N–H and O–H groups in total. The Labute approximate surface area is 567 Å². The summed E-state index contributed by atoms with van der Waals surface area (Å²) in [4.78, 5) is 0. The Morgan fingerprint density at radius 1 is 0.122 bits per heavy atom. The Balaban J connectivity index is 0.000000137. The fraction of sp³-hybridized carbons (Fsp3) is 0. The van der Waals surface area contributed by atoms with Crippen LogP contribution in [0.2, 0.25) is 0 Å². The lowest BCUT2D eigenvalue weighted by atomic mass is 9.99. The molecule has 0 bridgehead atoms. The minimum absolute atomic E-state index is 1.16. The van der Waals surface area contributed by atoms with Gasteiger partial charge in [0.25, 0.3) is 0 Å². The fourth-order valence-electron chi connectivity index (χ4n) is 15.3. The molecule has 0 radical (unpaired) electrons. The van der Waals surface area contributed by atoms with Crippen LogP contribution in [0.1, 0.15) is 0 Å². The molecule has 20 rings (SSSR count). The first kappa shape index (κ1) is 56.5. The van der Waals surface area contributed by atoms with Crippen LogP contribution in [0.15, 0.2) is 376 Å². The van der Waals surface area contributed by atoms with Crippen molar-refractivity contribution in [3.8, 4) is 78.4 Å². The summed E-state index contributed by atoms with van der Waals surface area (Å²) in [5.41, 5.74) is 26.6. The van der Waals surface area contributed by atoms with Gasteiger partial charge < -0.3 is 18.3 Å². The highest BCUT2D eigenvalue weighted by atomic mass is 15.0. The average molecular weight is 1250 g/mol. The van der Waals surface area contributed by atoms with Gasteiger partial charge in [0.2, 0.25) is 0 Å². The highest BCUT2D eigenvalue weighted by molar-refractivity contribution is 6.15. The number of fused-ring (bicyclic) bond motifs is 13. The van der Waals surface area contributed by atoms with E-state index in [1.54, 1.807) is 0 Å². The molecule has 0 amide bonds. The third-order valence-corrected chi connectivity index (χ3v) is 20.0. The maximum atomic E-state index is 2.40. The summed E-state index contributed by atoms with van der Waals surface area (Å²) in [7, 11) is 0. The number of nitrogens with zero attached hydrogens (tertiary/aromatic N) is 4. The first-order valence-corrected chi connectivity index (χ1v) is 33.7. The Morgan fingerprint density at radius 2 is 0.347 bits per heavy atom. The summed E-state index contributed by atoms with van der Waals surface area (Å²) in [5.74, 6) is 0. The normalized spacial score (nSPS) is 11.7. The third kappa shape index (κ3) is 9.60. The van der Waals surface area contributed by atoms with Crippen LogP contribution in [-0.2, 0) is 0 Å². The Hall–Kier alpha value is -13.0. The van der Waals surface area contributed by atoms with Gasteiger partial charge in [-0.1, -0.05) is 243 Å². The maximum absolute atomic E-state index is 2.40. The highest BCUT2D eigenvalue weighted by Gasteiger charge is 2.20. The second kappa shape index (κ2) is 23.5. The zero-order valence-corrected chi connectivity index (χ0v) is 53.6. The topological polar surface area (TPSA) is 19.7 Å². The smallest absolute Gasteiger partial charge is 0.0541 e. The van der Waals surface area contributed by atoms with Crippen molar-refractivity contribution < 1.29 is 0 Å². The summed E-state index contributed by atoms with van der Waals surface area (Å²) in [6.45, 7) is 0. The van der Waals surface area contributed by atoms with Crippen LogP contribution >= 0.6 is 0 Å². The zero-order chi connectivity index (χ0) is 64.6. The van der Waals surface area contributed by atoms with Gasteiger partial charge in [-0.3, -0.25) is 0 Å². The van der Waals surface area contributed by atoms with Crippen molar-refractivity contribution in [2.24, 2.45) is 0 Å². The van der Waals surface area contributed by atoms with E-state index in [2.05, 4.69) is 394 Å². The Morgan fingerprint density at radius 3 is 0.724 bits per heavy atom. The summed E-state index contributed by atoms with van der Waals surface area (Å²) >= 11 is 0. The quantitative estimate of drug-likeness (QED) is 0.137. The van der Waals surface area contributed by atoms with Gasteiger partial charge >= 0.3 is 0 Å². The van der Waals surface area contributed by atoms with E-state index in [0.717, 1.165) is 11.4 Å². The van der Waals surface area contributed by atoms with Crippen LogP contribution in [0.3, 0.4) is 0 Å². The monoisotopic (exact) mass is 1250 g/mol. The van der Waals surface area contributed by atoms with E-state index in [1.807, 2.05) is 0 Å². The molecule has 4 heteroatoms. The van der Waals surface area contributed by atoms with Crippen LogP contribution in [0.4, 0.5) is 0 Å². The zero-order valence-electron chi connectivity index (χ0n) is 53.6. The van der Waals surface area contributed by atoms with Crippen molar-refractivity contribution in [2.45, 2.75) is 0 Å². The minimum Gasteiger partial charge on any atom is -0.309 e. The number of hydrogen-bond acceptors (Lipinski definition) is 0. The van der Waals surface area contributed by atoms with E-state index >= 15 is 0 Å². The van der Waals surface area contributed by atoms with E-state index in [0.29, 0.717) is 0 Å². The number of rotatable bonds is 9. The van der Waals surface area contributed by atoms with Crippen LogP contribution in [0.25, 0.3) is 176 Å². The van der Waals surface area contributed by atoms with Crippen molar-refractivity contribution in [3.63, 3.8) is 0 Å². The van der Waals surface area contributed by atoms with E-state index in [-0.39, 0.29) is 0 Å². The number of para-hydroxylation sites is 5. The Kier molecular flexibility index (Phi) is 13.5. The number of aromatic nitrogens is 4. The van der Waals surface area contributed by atoms with Gasteiger partial charge in [0.1, 0.15) is 0 Å². The lowest BCUT2D eigenvalue weighted by molar-refractivity contribution is 1.18. The van der Waals surface area contributed by atoms with Gasteiger partial charge in [0, 0.05) is 65.8 Å². The van der Waals surface area contributed by atoms with Gasteiger partial charge in [-0.15, -0.1) is 0 Å². The lowest BCUT2D eigenvalue weighted by Gasteiger charge is -2.10. The number of hydrogen-bond donors (Lipinski definition) is 0. The summed E-state index contributed by atoms with van der Waals surface area (Å²) in [6.07, 6.45) is 0. The van der Waals surface area contributed by atoms with Gasteiger partial charge in [0.05, 0.1) is 44.1 Å². The van der Waals surface area contributed by atoms with Crippen LogP contribution in [0, 0.1) is 0 Å². The Bertz CT molecular complexity index is 6430. The molecule has 0 aliphatic carbocycles. The predicted molar refractivity (Wildman–Crippen MR) is 415 cm³/mol. The SMILES string of the molecule is c1ccc(-c2ccc(-n3c4ccccc4c4cc(-c5ccc6c(c5)c5cc(-c7ccccc7)ccc5n6-c5ccccc5)ccc43)cc2)cc1.c1ccc(-n2c3ccccc3c3cc(-c4ccc5c(c4)c4ccccc4n5-c4ccc(-c5ccc6ccccc6c5)cc4)ccc32)cc1. The molecule has 20 aromatic rings. The van der Waals surface area contributed by atoms with Gasteiger partial charge in [-0.05, 0) is 200 Å². The van der Waals surface area contributed by atoms with Crippen molar-refractivity contribution in [3.05, 3.63) is 376 Å². The molecule has 4 heterocycles. The standard InChI is InChI=1S/C48H32N2.C46H30N2/c1-4-12-33(13-5-1)35-20-25-40(26-21-35)50-45-19-11-10-18-41(45)42-31-37(23-28-46(42)50)38-24-29-48-44(32-38)43-30-36(34-14-6-2-7-15-34)22-27-47(43)49(48)39-16-8-3-9-17-39;1-2-12-37(13-3-1)47-43-16-8-6-14-39(43)41-29-35(22-26-45(41)47)36-23-27-46-42(30-36)40-15-7-9-17-44(40)48(46)38-24-20-32(21-25-38)34-19-18-31-10-4-5-11-33(31)28-34/h1-32H;1-30H. The van der Waals surface area contributed by atoms with Gasteiger partial charge in [-0.2, -0.15) is 0 Å². The molecule has 0 aliphatic heterocycles. The molecular formula is C94H62N4. The second-order valence-electron chi connectivity index (χ2n) is 25.6. The molecule has 458 valence electrons. The largest absolute Gasteiger partial charge is 0.309 e. The summed E-state index contributed by atoms with van der Waals surface area (Å²) in [5, 5.41) is 12.6. The van der Waals surface area contributed by atoms with Gasteiger partial charge in [-0.25, -0.2) is 0 Å². The third-order valence-electron chi connectivity index (χ3n) is 20.0. The molecule has 4 aromatic heterocycles. The van der Waals surface area contributed by atoms with E-state index < -0.39 is 0 Å². The van der Waals surface area contributed by atoms with E-state index in [1.165, 1.54) is 165 Å². The second-order valence-corrected chi connectivity index (χ2v) is 25.6. The molecule has 98 heavy (non-hydrogen) atoms. The predicted octanol–water partition coefficient (Wildman–Crippen LogP) is 25.2. The first-order chi connectivity index (χ1) is 48.6. The molecule has 0 unspecified atom stereocenters. The molecular weight excluding hydrogens is 1190 g/mol. The molecule has 0 spiro atoms. The molecule has 16 aromatic carbocycles. The van der Waals surface area contributed by atoms with Crippen LogP contribution in [0.5, 0.6) is 0 Å². The van der Waals surface area contributed by atoms with E-state index in [9.17, 15) is 0 Å². The fourth-order valence-corrected chi connectivity index (χ4v) is 15.3. The molecule has 0 aliphatic rings. The molecule has 0 fully saturated rings. The minimum atomic E-state index is 1.16. The summed E-state index contributed by atoms with van der Waals surface area (Å²) < 4.78 is 9.56. The molecule has 0 saturated heterocycles. The van der Waals surface area contributed by atoms with Crippen molar-refractivity contribution in [1.29, 1.82) is 0 Å². The first-order valence-electron chi connectivity index (χ1n) is 33.7. The van der Waals surface area contributed by atoms with Crippen molar-refractivity contribution >= 4 is 98.0 Å². The molecule has 4 nitrogen and oxygen atoms in total. The number of benzene rings is 16. The average Bonchev–Trinajstić information content (AvgIpc) is 1.64. The van der Waals surface area contributed by atoms with Crippen LogP contribution in [-0.4, -0.2) is 18.3 Å². The molecule has 0 saturated carbocycles. The van der Waals surface area contributed by atoms with Crippen molar-refractivity contribution in [2.75, 3.05) is 0 Å². The van der Waals surface area contributed by atoms with Crippen LogP contribution < -0.4 is 0 Å². The van der Waals surface area contributed by atoms with E-state index in [4.69, 9.17) is 0 Å². The molecule has 0 atom stereocenters. The summed E-state index contributed by atoms with van der Waals surface area (Å²) in [6, 6.07) is 137. The maximum Gasteiger partial charge on any atom is 0.0541 e. The van der Waals surface area contributed by atoms with Crippen molar-refractivity contribution in [1.82, 2.24) is 18.3 Å².